The van der Waals surface area contributed by atoms with Crippen molar-refractivity contribution in [3.05, 3.63) is 66.5 Å². The summed E-state index contributed by atoms with van der Waals surface area (Å²) in [6, 6.07) is 10.2. The lowest BCUT2D eigenvalue weighted by Gasteiger charge is -2.07. The maximum absolute atomic E-state index is 13.4. The van der Waals surface area contributed by atoms with Crippen molar-refractivity contribution in [2.24, 2.45) is 5.73 Å². The molecule has 0 aliphatic carbocycles. The number of H-pyrrole nitrogens is 1. The molecule has 0 atom stereocenters. The zero-order valence-corrected chi connectivity index (χ0v) is 20.2. The number of aromatic nitrogens is 7. The fourth-order valence-electron chi connectivity index (χ4n) is 3.69. The number of aromatic amines is 1. The van der Waals surface area contributed by atoms with Crippen LogP contribution in [0.15, 0.2) is 55.0 Å². The summed E-state index contributed by atoms with van der Waals surface area (Å²) in [6.45, 7) is 0.940. The van der Waals surface area contributed by atoms with Crippen LogP contribution in [-0.4, -0.2) is 55.1 Å². The minimum atomic E-state index is -2.71. The molecule has 0 radical (unpaired) electrons. The van der Waals surface area contributed by atoms with Crippen LogP contribution in [0.1, 0.15) is 17.9 Å². The number of methoxy groups -OCH3 is 1. The average molecular weight is 520 g/mol. The number of halogens is 2. The third-order valence-electron chi connectivity index (χ3n) is 5.44. The molecule has 194 valence electrons. The number of imidazole rings is 1. The molecular weight excluding hydrogens is 496 g/mol. The molecule has 13 heteroatoms. The van der Waals surface area contributed by atoms with Gasteiger partial charge in [-0.1, -0.05) is 12.1 Å². The number of alkyl halides is 2. The van der Waals surface area contributed by atoms with Crippen molar-refractivity contribution >= 4 is 16.7 Å². The molecular formula is C25H23F2N9O2. The number of rotatable bonds is 10. The number of benzene rings is 1. The fraction of sp³-hybridized carbons (Fsp3) is 0.200. The van der Waals surface area contributed by atoms with Gasteiger partial charge in [-0.05, 0) is 24.3 Å². The van der Waals surface area contributed by atoms with E-state index in [1.807, 2.05) is 18.2 Å². The van der Waals surface area contributed by atoms with E-state index in [1.165, 1.54) is 25.4 Å². The molecule has 0 spiro atoms. The molecule has 4 heterocycles. The van der Waals surface area contributed by atoms with Gasteiger partial charge in [0.05, 0.1) is 60.4 Å². The minimum absolute atomic E-state index is 0.249. The second-order valence-electron chi connectivity index (χ2n) is 8.02. The van der Waals surface area contributed by atoms with Gasteiger partial charge >= 0.3 is 6.01 Å². The van der Waals surface area contributed by atoms with E-state index < -0.39 is 6.43 Å². The highest BCUT2D eigenvalue weighted by molar-refractivity contribution is 5.85. The van der Waals surface area contributed by atoms with E-state index in [9.17, 15) is 8.78 Å². The summed E-state index contributed by atoms with van der Waals surface area (Å²) in [4.78, 5) is 29.1. The van der Waals surface area contributed by atoms with Crippen molar-refractivity contribution in [3.8, 4) is 34.5 Å². The van der Waals surface area contributed by atoms with Gasteiger partial charge in [-0.2, -0.15) is 0 Å². The molecule has 11 nitrogen and oxygen atoms in total. The molecule has 0 aliphatic heterocycles. The Labute approximate surface area is 215 Å². The van der Waals surface area contributed by atoms with Crippen LogP contribution in [0.4, 0.5) is 14.5 Å². The molecule has 4 N–H and O–H groups in total. The molecule has 1 aromatic carbocycles. The highest BCUT2D eigenvalue weighted by atomic mass is 19.3. The van der Waals surface area contributed by atoms with Crippen LogP contribution < -0.4 is 20.5 Å². The van der Waals surface area contributed by atoms with Gasteiger partial charge in [0.25, 0.3) is 6.43 Å². The van der Waals surface area contributed by atoms with Gasteiger partial charge in [0, 0.05) is 12.1 Å². The molecule has 0 bridgehead atoms. The van der Waals surface area contributed by atoms with Crippen LogP contribution in [0.2, 0.25) is 0 Å². The normalized spacial score (nSPS) is 11.2. The topological polar surface area (TPSA) is 150 Å². The lowest BCUT2D eigenvalue weighted by Crippen LogP contribution is -2.11. The minimum Gasteiger partial charge on any atom is -0.475 e. The maximum atomic E-state index is 13.4. The summed E-state index contributed by atoms with van der Waals surface area (Å²) in [6.07, 6.45) is 1.98. The first kappa shape index (κ1) is 24.9. The summed E-state index contributed by atoms with van der Waals surface area (Å²) in [5, 5.41) is 3.18. The second-order valence-corrected chi connectivity index (χ2v) is 8.02. The van der Waals surface area contributed by atoms with Gasteiger partial charge in [0.1, 0.15) is 23.8 Å². The highest BCUT2D eigenvalue weighted by Crippen LogP contribution is 2.32. The Kier molecular flexibility index (Phi) is 7.26. The molecule has 4 aromatic heterocycles. The predicted molar refractivity (Wildman–Crippen MR) is 136 cm³/mol. The smallest absolute Gasteiger partial charge is 0.316 e. The molecule has 0 aliphatic rings. The number of nitrogens with two attached hydrogens (primary N) is 1. The van der Waals surface area contributed by atoms with Crippen LogP contribution >= 0.6 is 0 Å². The molecule has 5 rings (SSSR count). The van der Waals surface area contributed by atoms with E-state index in [4.69, 9.17) is 15.2 Å². The van der Waals surface area contributed by atoms with Crippen molar-refractivity contribution in [1.29, 1.82) is 0 Å². The van der Waals surface area contributed by atoms with E-state index in [2.05, 4.69) is 40.2 Å². The van der Waals surface area contributed by atoms with Crippen LogP contribution in [0, 0.1) is 0 Å². The fourth-order valence-corrected chi connectivity index (χ4v) is 3.69. The Morgan fingerprint density at radius 1 is 1.00 bits per heavy atom. The van der Waals surface area contributed by atoms with E-state index in [0.717, 1.165) is 0 Å². The van der Waals surface area contributed by atoms with Crippen molar-refractivity contribution in [2.45, 2.75) is 13.0 Å². The number of anilines is 1. The summed E-state index contributed by atoms with van der Waals surface area (Å²) in [7, 11) is 1.48. The number of hydrogen-bond donors (Lipinski definition) is 3. The quantitative estimate of drug-likeness (QED) is 0.249. The van der Waals surface area contributed by atoms with Gasteiger partial charge < -0.3 is 25.5 Å². The summed E-state index contributed by atoms with van der Waals surface area (Å²) in [5.41, 5.74) is 9.09. The zero-order chi connectivity index (χ0) is 26.5. The lowest BCUT2D eigenvalue weighted by molar-refractivity contribution is 0.146. The van der Waals surface area contributed by atoms with E-state index in [-0.39, 0.29) is 18.2 Å². The standard InChI is InChI=1S/C25H23F2N9O2/c1-37-25-31-10-15(11-32-25)29-12-20-35-22(23(36-20)17-3-2-4-18(33-17)24(26)27)14-5-6-16-19(9-14)34-21(13-30-16)38-8-7-28/h2-6,9-11,13,24,29H,7-8,12,28H2,1H3,(H,35,36). The first-order valence-corrected chi connectivity index (χ1v) is 11.6. The van der Waals surface area contributed by atoms with Crippen molar-refractivity contribution in [1.82, 2.24) is 34.9 Å². The number of fused-ring (bicyclic) bond motifs is 1. The van der Waals surface area contributed by atoms with Crippen LogP contribution in [0.3, 0.4) is 0 Å². The molecule has 0 unspecified atom stereocenters. The van der Waals surface area contributed by atoms with Crippen molar-refractivity contribution in [3.63, 3.8) is 0 Å². The van der Waals surface area contributed by atoms with Gasteiger partial charge in [-0.3, -0.25) is 0 Å². The summed E-state index contributed by atoms with van der Waals surface area (Å²) in [5.74, 6) is 0.893. The van der Waals surface area contributed by atoms with Gasteiger partial charge in [0.15, 0.2) is 0 Å². The molecule has 0 saturated heterocycles. The zero-order valence-electron chi connectivity index (χ0n) is 20.2. The van der Waals surface area contributed by atoms with Crippen molar-refractivity contribution in [2.75, 3.05) is 25.6 Å². The largest absolute Gasteiger partial charge is 0.475 e. The van der Waals surface area contributed by atoms with E-state index in [0.29, 0.717) is 64.2 Å². The third kappa shape index (κ3) is 5.47. The van der Waals surface area contributed by atoms with Gasteiger partial charge in [-0.15, -0.1) is 0 Å². The van der Waals surface area contributed by atoms with Crippen molar-refractivity contribution < 1.29 is 18.3 Å². The molecule has 0 fully saturated rings. The Morgan fingerprint density at radius 3 is 2.61 bits per heavy atom. The first-order chi connectivity index (χ1) is 18.5. The molecule has 38 heavy (non-hydrogen) atoms. The van der Waals surface area contributed by atoms with E-state index in [1.54, 1.807) is 18.5 Å². The first-order valence-electron chi connectivity index (χ1n) is 11.6. The Hall–Kier alpha value is -4.78. The number of hydrogen-bond acceptors (Lipinski definition) is 10. The molecule has 0 saturated carbocycles. The van der Waals surface area contributed by atoms with Gasteiger partial charge in [-0.25, -0.2) is 38.7 Å². The molecule has 0 amide bonds. The Balaban J connectivity index is 1.53. The predicted octanol–water partition coefficient (Wildman–Crippen LogP) is 3.77. The van der Waals surface area contributed by atoms with E-state index >= 15 is 0 Å². The lowest BCUT2D eigenvalue weighted by atomic mass is 10.1. The van der Waals surface area contributed by atoms with Crippen LogP contribution in [-0.2, 0) is 6.54 Å². The van der Waals surface area contributed by atoms with Crippen LogP contribution in [0.5, 0.6) is 11.9 Å². The third-order valence-corrected chi connectivity index (χ3v) is 5.44. The summed E-state index contributed by atoms with van der Waals surface area (Å²) < 4.78 is 37.3. The Morgan fingerprint density at radius 2 is 1.84 bits per heavy atom. The number of ether oxygens (including phenoxy) is 2. The number of pyridine rings is 1. The van der Waals surface area contributed by atoms with Crippen LogP contribution in [0.25, 0.3) is 33.7 Å². The number of nitrogens with zero attached hydrogens (tertiary/aromatic N) is 6. The SMILES string of the molecule is COc1ncc(NCc2nc(-c3cccc(C(F)F)n3)c(-c3ccc4ncc(OCCN)nc4c3)[nH]2)cn1. The highest BCUT2D eigenvalue weighted by Gasteiger charge is 2.18. The average Bonchev–Trinajstić information content (AvgIpc) is 3.39. The summed E-state index contributed by atoms with van der Waals surface area (Å²) >= 11 is 0. The second kappa shape index (κ2) is 11.1. The monoisotopic (exact) mass is 519 g/mol. The van der Waals surface area contributed by atoms with Gasteiger partial charge in [0.2, 0.25) is 5.88 Å². The Bertz CT molecular complexity index is 1540. The molecule has 5 aromatic rings. The number of nitrogens with one attached hydrogen (secondary N) is 2. The maximum Gasteiger partial charge on any atom is 0.316 e.